The van der Waals surface area contributed by atoms with E-state index in [1.54, 1.807) is 0 Å². The van der Waals surface area contributed by atoms with Gasteiger partial charge in [0.1, 0.15) is 5.78 Å². The highest BCUT2D eigenvalue weighted by Crippen LogP contribution is 2.53. The third-order valence-corrected chi connectivity index (χ3v) is 7.47. The normalized spacial score (nSPS) is 23.6. The number of carbonyl (C=O) groups excluding carboxylic acids is 2. The Kier molecular flexibility index (Phi) is 8.48. The van der Waals surface area contributed by atoms with Crippen molar-refractivity contribution in [3.63, 3.8) is 0 Å². The Morgan fingerprint density at radius 1 is 1.32 bits per heavy atom. The van der Waals surface area contributed by atoms with Gasteiger partial charge in [0.05, 0.1) is 13.2 Å². The molecular formula is C27H38O4. The average molecular weight is 427 g/mol. The lowest BCUT2D eigenvalue weighted by Gasteiger charge is -2.46. The van der Waals surface area contributed by atoms with Crippen LogP contribution in [0.1, 0.15) is 101 Å². The molecule has 0 spiro atoms. The van der Waals surface area contributed by atoms with E-state index in [9.17, 15) is 14.7 Å². The van der Waals surface area contributed by atoms with Crippen LogP contribution in [0.15, 0.2) is 36.4 Å². The molecular weight excluding hydrogens is 388 g/mol. The summed E-state index contributed by atoms with van der Waals surface area (Å²) in [6.07, 6.45) is 13.7. The van der Waals surface area contributed by atoms with Crippen molar-refractivity contribution < 1.29 is 19.4 Å². The van der Waals surface area contributed by atoms with Crippen LogP contribution >= 0.6 is 0 Å². The smallest absolute Gasteiger partial charge is 0.305 e. The second-order valence-electron chi connectivity index (χ2n) is 9.43. The molecule has 4 nitrogen and oxygen atoms in total. The highest BCUT2D eigenvalue weighted by molar-refractivity contribution is 5.84. The van der Waals surface area contributed by atoms with Crippen molar-refractivity contribution in [1.29, 1.82) is 0 Å². The van der Waals surface area contributed by atoms with Gasteiger partial charge in [0.25, 0.3) is 0 Å². The molecule has 0 saturated heterocycles. The molecule has 0 bridgehead atoms. The fourth-order valence-corrected chi connectivity index (χ4v) is 5.53. The molecule has 1 aromatic carbocycles. The van der Waals surface area contributed by atoms with Crippen molar-refractivity contribution in [1.82, 2.24) is 0 Å². The molecule has 0 amide bonds. The van der Waals surface area contributed by atoms with Gasteiger partial charge in [-0.1, -0.05) is 56.2 Å². The first-order valence-corrected chi connectivity index (χ1v) is 12.0. The standard InChI is InChI=1S/C27H38O4/c1-3-16-27(17-9-18-27)26(30)21-11-8-10-20(19-21)22-14-15-24(28)23(22)12-6-4-5-7-13-25(29)31-2/h4,6,8,10-11,19,22-23,26,30H,3,5,7,9,12-18H2,1-2H3/b6-4-/t22-,23-,26+/m1/s1. The summed E-state index contributed by atoms with van der Waals surface area (Å²) in [4.78, 5) is 23.8. The van der Waals surface area contributed by atoms with Gasteiger partial charge < -0.3 is 9.84 Å². The number of aliphatic hydroxyl groups excluding tert-OH is 1. The largest absolute Gasteiger partial charge is 0.469 e. The molecule has 2 saturated carbocycles. The molecule has 3 rings (SSSR count). The van der Waals surface area contributed by atoms with E-state index in [-0.39, 0.29) is 23.2 Å². The Morgan fingerprint density at radius 2 is 2.13 bits per heavy atom. The number of esters is 1. The Balaban J connectivity index is 1.63. The van der Waals surface area contributed by atoms with Gasteiger partial charge in [-0.15, -0.1) is 0 Å². The topological polar surface area (TPSA) is 63.6 Å². The number of methoxy groups -OCH3 is 1. The van der Waals surface area contributed by atoms with Gasteiger partial charge in [-0.05, 0) is 62.0 Å². The van der Waals surface area contributed by atoms with Crippen LogP contribution < -0.4 is 0 Å². The van der Waals surface area contributed by atoms with Gasteiger partial charge >= 0.3 is 5.97 Å². The molecule has 170 valence electrons. The van der Waals surface area contributed by atoms with E-state index in [2.05, 4.69) is 48.1 Å². The Morgan fingerprint density at radius 3 is 2.81 bits per heavy atom. The zero-order valence-corrected chi connectivity index (χ0v) is 19.1. The number of unbranched alkanes of at least 4 members (excludes halogenated alkanes) is 1. The number of hydrogen-bond donors (Lipinski definition) is 1. The predicted molar refractivity (Wildman–Crippen MR) is 123 cm³/mol. The summed E-state index contributed by atoms with van der Waals surface area (Å²) < 4.78 is 4.66. The van der Waals surface area contributed by atoms with Crippen LogP contribution in [0.5, 0.6) is 0 Å². The molecule has 0 aliphatic heterocycles. The van der Waals surface area contributed by atoms with Gasteiger partial charge in [-0.3, -0.25) is 9.59 Å². The summed E-state index contributed by atoms with van der Waals surface area (Å²) >= 11 is 0. The van der Waals surface area contributed by atoms with E-state index in [0.717, 1.165) is 56.9 Å². The maximum absolute atomic E-state index is 12.6. The van der Waals surface area contributed by atoms with E-state index in [4.69, 9.17) is 0 Å². The minimum Gasteiger partial charge on any atom is -0.469 e. The van der Waals surface area contributed by atoms with Gasteiger partial charge in [0.15, 0.2) is 0 Å². The molecule has 0 heterocycles. The minimum atomic E-state index is -0.411. The lowest BCUT2D eigenvalue weighted by atomic mass is 9.61. The molecule has 1 N–H and O–H groups in total. The maximum Gasteiger partial charge on any atom is 0.305 e. The summed E-state index contributed by atoms with van der Waals surface area (Å²) in [7, 11) is 1.41. The molecule has 2 aliphatic carbocycles. The van der Waals surface area contributed by atoms with Gasteiger partial charge in [0.2, 0.25) is 0 Å². The van der Waals surface area contributed by atoms with Gasteiger partial charge in [0, 0.05) is 24.2 Å². The van der Waals surface area contributed by atoms with E-state index in [0.29, 0.717) is 18.6 Å². The van der Waals surface area contributed by atoms with Gasteiger partial charge in [-0.25, -0.2) is 0 Å². The lowest BCUT2D eigenvalue weighted by Crippen LogP contribution is -2.36. The number of ketones is 1. The number of ether oxygens (including phenoxy) is 1. The number of carbonyl (C=O) groups is 2. The summed E-state index contributed by atoms with van der Waals surface area (Å²) in [5, 5.41) is 11.2. The second kappa shape index (κ2) is 11.1. The van der Waals surface area contributed by atoms with Crippen LogP contribution in [0.3, 0.4) is 0 Å². The highest BCUT2D eigenvalue weighted by Gasteiger charge is 2.43. The van der Waals surface area contributed by atoms with E-state index >= 15 is 0 Å². The predicted octanol–water partition coefficient (Wildman–Crippen LogP) is 6.04. The SMILES string of the molecule is CCCC1([C@@H](O)c2cccc([C@H]3CCC(=O)[C@@H]3C/C=C\CCCC(=O)OC)c2)CCC1. The zero-order chi connectivity index (χ0) is 22.3. The van der Waals surface area contributed by atoms with Crippen molar-refractivity contribution in [2.75, 3.05) is 7.11 Å². The van der Waals surface area contributed by atoms with E-state index in [1.165, 1.54) is 19.1 Å². The van der Waals surface area contributed by atoms with Crippen molar-refractivity contribution in [2.24, 2.45) is 11.3 Å². The fourth-order valence-electron chi connectivity index (χ4n) is 5.53. The molecule has 0 radical (unpaired) electrons. The van der Waals surface area contributed by atoms with Crippen molar-refractivity contribution in [2.45, 2.75) is 89.6 Å². The Hall–Kier alpha value is -1.94. The summed E-state index contributed by atoms with van der Waals surface area (Å²) in [5.74, 6) is 0.404. The number of aliphatic hydroxyl groups is 1. The van der Waals surface area contributed by atoms with Gasteiger partial charge in [-0.2, -0.15) is 0 Å². The van der Waals surface area contributed by atoms with Crippen LogP contribution in [0.4, 0.5) is 0 Å². The first kappa shape index (κ1) is 23.7. The Labute approximate surface area is 187 Å². The van der Waals surface area contributed by atoms with E-state index < -0.39 is 6.10 Å². The summed E-state index contributed by atoms with van der Waals surface area (Å²) in [5.41, 5.74) is 2.25. The number of Topliss-reactive ketones (excluding diaryl/α,β-unsaturated/α-hetero) is 1. The molecule has 2 aliphatic rings. The van der Waals surface area contributed by atoms with Crippen LogP contribution in [-0.2, 0) is 14.3 Å². The molecule has 3 atom stereocenters. The molecule has 31 heavy (non-hydrogen) atoms. The lowest BCUT2D eigenvalue weighted by molar-refractivity contribution is -0.140. The fraction of sp³-hybridized carbons (Fsp3) is 0.630. The van der Waals surface area contributed by atoms with Crippen LogP contribution in [0.25, 0.3) is 0 Å². The summed E-state index contributed by atoms with van der Waals surface area (Å²) in [6, 6.07) is 8.39. The van der Waals surface area contributed by atoms with Crippen LogP contribution in [0, 0.1) is 11.3 Å². The quantitative estimate of drug-likeness (QED) is 0.266. The van der Waals surface area contributed by atoms with Crippen LogP contribution in [-0.4, -0.2) is 24.0 Å². The maximum atomic E-state index is 12.6. The van der Waals surface area contributed by atoms with Crippen molar-refractivity contribution >= 4 is 11.8 Å². The number of rotatable bonds is 11. The third kappa shape index (κ3) is 5.65. The van der Waals surface area contributed by atoms with Crippen LogP contribution in [0.2, 0.25) is 0 Å². The first-order chi connectivity index (χ1) is 15.0. The number of benzene rings is 1. The zero-order valence-electron chi connectivity index (χ0n) is 19.1. The van der Waals surface area contributed by atoms with E-state index in [1.807, 2.05) is 0 Å². The number of hydrogen-bond acceptors (Lipinski definition) is 4. The molecule has 0 aromatic heterocycles. The number of allylic oxidation sites excluding steroid dienone is 2. The monoisotopic (exact) mass is 426 g/mol. The van der Waals surface area contributed by atoms with Crippen molar-refractivity contribution in [3.8, 4) is 0 Å². The molecule has 0 unspecified atom stereocenters. The molecule has 4 heteroatoms. The summed E-state index contributed by atoms with van der Waals surface area (Å²) in [6.45, 7) is 2.20. The van der Waals surface area contributed by atoms with Crippen molar-refractivity contribution in [3.05, 3.63) is 47.5 Å². The highest BCUT2D eigenvalue weighted by atomic mass is 16.5. The molecule has 2 fully saturated rings. The average Bonchev–Trinajstić information content (AvgIpc) is 3.13. The molecule has 1 aromatic rings. The minimum absolute atomic E-state index is 0.0116. The second-order valence-corrected chi connectivity index (χ2v) is 9.43. The third-order valence-electron chi connectivity index (χ3n) is 7.47. The first-order valence-electron chi connectivity index (χ1n) is 12.0. The Bertz CT molecular complexity index is 777.